The molecule has 1 aliphatic rings. The summed E-state index contributed by atoms with van der Waals surface area (Å²) in [6.07, 6.45) is 2.86. The zero-order chi connectivity index (χ0) is 15.4. The molecule has 0 aromatic heterocycles. The van der Waals surface area contributed by atoms with Crippen LogP contribution in [0.4, 0.5) is 14.5 Å². The van der Waals surface area contributed by atoms with Gasteiger partial charge in [0.2, 0.25) is 0 Å². The number of carbonyl (C=O) groups is 1. The zero-order valence-corrected chi connectivity index (χ0v) is 12.6. The Kier molecular flexibility index (Phi) is 5.41. The van der Waals surface area contributed by atoms with Crippen LogP contribution in [-0.4, -0.2) is 23.0 Å². The third-order valence-electron chi connectivity index (χ3n) is 3.57. The van der Waals surface area contributed by atoms with E-state index in [0.717, 1.165) is 37.1 Å². The number of rotatable bonds is 5. The summed E-state index contributed by atoms with van der Waals surface area (Å²) in [4.78, 5) is 12.1. The molecule has 1 amide bonds. The summed E-state index contributed by atoms with van der Waals surface area (Å²) in [5, 5.41) is 3.39. The van der Waals surface area contributed by atoms with Crippen molar-refractivity contribution in [3.8, 4) is 0 Å². The van der Waals surface area contributed by atoms with Crippen LogP contribution < -0.4 is 16.6 Å². The summed E-state index contributed by atoms with van der Waals surface area (Å²) in [7, 11) is 0. The van der Waals surface area contributed by atoms with Crippen LogP contribution in [0.3, 0.4) is 0 Å². The average molecular weight is 315 g/mol. The van der Waals surface area contributed by atoms with Crippen molar-refractivity contribution in [2.75, 3.05) is 11.2 Å². The summed E-state index contributed by atoms with van der Waals surface area (Å²) >= 11 is 1.88. The highest BCUT2D eigenvalue weighted by molar-refractivity contribution is 7.99. The molecule has 1 aromatic rings. The highest BCUT2D eigenvalue weighted by Gasteiger charge is 2.26. The molecule has 4 nitrogen and oxygen atoms in total. The Balaban J connectivity index is 2.01. The fourth-order valence-electron chi connectivity index (χ4n) is 2.57. The Morgan fingerprint density at radius 3 is 2.62 bits per heavy atom. The number of carbonyl (C=O) groups excluding carboxylic acids is 1. The molecule has 2 unspecified atom stereocenters. The Bertz CT molecular complexity index is 504. The molecule has 0 saturated heterocycles. The molecule has 116 valence electrons. The molecule has 21 heavy (non-hydrogen) atoms. The maximum absolute atomic E-state index is 13.6. The van der Waals surface area contributed by atoms with Gasteiger partial charge in [-0.2, -0.15) is 11.8 Å². The van der Waals surface area contributed by atoms with Gasteiger partial charge in [-0.05, 0) is 37.1 Å². The van der Waals surface area contributed by atoms with E-state index in [1.54, 1.807) is 0 Å². The molecular formula is C14H19F2N3OS. The number of nitrogen functional groups attached to an aromatic ring is 1. The molecule has 7 heteroatoms. The van der Waals surface area contributed by atoms with Crippen molar-refractivity contribution in [2.24, 2.45) is 5.84 Å². The smallest absolute Gasteiger partial charge is 0.251 e. The number of anilines is 1. The molecule has 0 spiro atoms. The first kappa shape index (κ1) is 16.0. The number of amides is 1. The number of halogens is 2. The van der Waals surface area contributed by atoms with E-state index in [0.29, 0.717) is 5.25 Å². The van der Waals surface area contributed by atoms with E-state index in [1.165, 1.54) is 0 Å². The minimum absolute atomic E-state index is 0.0319. The third kappa shape index (κ3) is 3.85. The molecule has 0 bridgehead atoms. The molecule has 0 aliphatic heterocycles. The summed E-state index contributed by atoms with van der Waals surface area (Å²) in [6.45, 7) is 2.11. The lowest BCUT2D eigenvalue weighted by molar-refractivity contribution is 0.0937. The van der Waals surface area contributed by atoms with E-state index in [2.05, 4.69) is 12.2 Å². The highest BCUT2D eigenvalue weighted by atomic mass is 32.2. The second kappa shape index (κ2) is 7.09. The van der Waals surface area contributed by atoms with Crippen LogP contribution in [0.25, 0.3) is 0 Å². The molecular weight excluding hydrogens is 296 g/mol. The van der Waals surface area contributed by atoms with Gasteiger partial charge in [-0.15, -0.1) is 0 Å². The van der Waals surface area contributed by atoms with E-state index in [9.17, 15) is 13.6 Å². The standard InChI is InChI=1S/C14H19F2N3OS/c1-2-21-10-4-3-9(7-10)18-14(20)8-5-11(15)13(19-17)12(16)6-8/h5-6,9-10,19H,2-4,7,17H2,1H3,(H,18,20). The molecule has 2 atom stereocenters. The maximum atomic E-state index is 13.6. The normalized spacial score (nSPS) is 21.3. The average Bonchev–Trinajstić information content (AvgIpc) is 2.86. The molecule has 0 heterocycles. The predicted molar refractivity (Wildman–Crippen MR) is 81.2 cm³/mol. The first-order valence-electron chi connectivity index (χ1n) is 6.93. The van der Waals surface area contributed by atoms with Crippen LogP contribution in [-0.2, 0) is 0 Å². The number of benzene rings is 1. The fourth-order valence-corrected chi connectivity index (χ4v) is 3.71. The fraction of sp³-hybridized carbons (Fsp3) is 0.500. The van der Waals surface area contributed by atoms with Gasteiger partial charge in [0.15, 0.2) is 11.6 Å². The van der Waals surface area contributed by atoms with Crippen LogP contribution in [0.15, 0.2) is 12.1 Å². The van der Waals surface area contributed by atoms with Crippen molar-refractivity contribution in [3.05, 3.63) is 29.3 Å². The van der Waals surface area contributed by atoms with Crippen molar-refractivity contribution in [1.82, 2.24) is 5.32 Å². The highest BCUT2D eigenvalue weighted by Crippen LogP contribution is 2.30. The van der Waals surface area contributed by atoms with Gasteiger partial charge in [-0.1, -0.05) is 6.92 Å². The van der Waals surface area contributed by atoms with Gasteiger partial charge in [0.25, 0.3) is 5.91 Å². The number of nitrogens with one attached hydrogen (secondary N) is 2. The monoisotopic (exact) mass is 315 g/mol. The van der Waals surface area contributed by atoms with Crippen LogP contribution in [0.2, 0.25) is 0 Å². The van der Waals surface area contributed by atoms with E-state index >= 15 is 0 Å². The molecule has 1 aliphatic carbocycles. The molecule has 1 fully saturated rings. The number of nitrogens with two attached hydrogens (primary N) is 1. The second-order valence-corrected chi connectivity index (χ2v) is 6.60. The topological polar surface area (TPSA) is 67.2 Å². The van der Waals surface area contributed by atoms with Crippen molar-refractivity contribution in [1.29, 1.82) is 0 Å². The van der Waals surface area contributed by atoms with Gasteiger partial charge in [-0.3, -0.25) is 10.6 Å². The quantitative estimate of drug-likeness (QED) is 0.577. The van der Waals surface area contributed by atoms with Gasteiger partial charge >= 0.3 is 0 Å². The van der Waals surface area contributed by atoms with Crippen molar-refractivity contribution < 1.29 is 13.6 Å². The lowest BCUT2D eigenvalue weighted by atomic mass is 10.1. The SMILES string of the molecule is CCSC1CCC(NC(=O)c2cc(F)c(NN)c(F)c2)C1. The molecule has 1 saturated carbocycles. The summed E-state index contributed by atoms with van der Waals surface area (Å²) in [5.74, 6) is 3.85. The minimum atomic E-state index is -0.881. The predicted octanol–water partition coefficient (Wildman–Crippen LogP) is 2.65. The van der Waals surface area contributed by atoms with Gasteiger partial charge in [0.1, 0.15) is 5.69 Å². The first-order valence-corrected chi connectivity index (χ1v) is 7.98. The van der Waals surface area contributed by atoms with Crippen molar-refractivity contribution >= 4 is 23.4 Å². The molecule has 4 N–H and O–H groups in total. The largest absolute Gasteiger partial charge is 0.349 e. The van der Waals surface area contributed by atoms with Crippen LogP contribution in [0.5, 0.6) is 0 Å². The number of thioether (sulfide) groups is 1. The first-order chi connectivity index (χ1) is 10.0. The lowest BCUT2D eigenvalue weighted by Gasteiger charge is -2.14. The Morgan fingerprint density at radius 2 is 2.05 bits per heavy atom. The number of hydrogen-bond donors (Lipinski definition) is 3. The number of hydrazine groups is 1. The van der Waals surface area contributed by atoms with Crippen LogP contribution in [0.1, 0.15) is 36.5 Å². The van der Waals surface area contributed by atoms with E-state index in [-0.39, 0.29) is 11.6 Å². The maximum Gasteiger partial charge on any atom is 0.251 e. The minimum Gasteiger partial charge on any atom is -0.349 e. The summed E-state index contributed by atoms with van der Waals surface area (Å²) in [5.41, 5.74) is 1.47. The van der Waals surface area contributed by atoms with Crippen molar-refractivity contribution in [3.63, 3.8) is 0 Å². The van der Waals surface area contributed by atoms with Crippen molar-refractivity contribution in [2.45, 2.75) is 37.5 Å². The Morgan fingerprint density at radius 1 is 1.38 bits per heavy atom. The zero-order valence-electron chi connectivity index (χ0n) is 11.8. The Labute approximate surface area is 126 Å². The Hall–Kier alpha value is -1.34. The van der Waals surface area contributed by atoms with E-state index in [4.69, 9.17) is 5.84 Å². The molecule has 0 radical (unpaired) electrons. The second-order valence-electron chi connectivity index (χ2n) is 5.02. The lowest BCUT2D eigenvalue weighted by Crippen LogP contribution is -2.33. The van der Waals surface area contributed by atoms with Gasteiger partial charge in [0, 0.05) is 16.9 Å². The summed E-state index contributed by atoms with van der Waals surface area (Å²) < 4.78 is 27.2. The van der Waals surface area contributed by atoms with Gasteiger partial charge in [0.05, 0.1) is 0 Å². The van der Waals surface area contributed by atoms with E-state index in [1.807, 2.05) is 17.2 Å². The van der Waals surface area contributed by atoms with Gasteiger partial charge in [-0.25, -0.2) is 8.78 Å². The van der Waals surface area contributed by atoms with Crippen LogP contribution >= 0.6 is 11.8 Å². The molecule has 2 rings (SSSR count). The molecule has 1 aromatic carbocycles. The van der Waals surface area contributed by atoms with Gasteiger partial charge < -0.3 is 10.7 Å². The van der Waals surface area contributed by atoms with E-state index < -0.39 is 23.2 Å². The third-order valence-corrected chi connectivity index (χ3v) is 4.80. The van der Waals surface area contributed by atoms with Crippen LogP contribution in [0, 0.1) is 11.6 Å². The number of hydrogen-bond acceptors (Lipinski definition) is 4. The summed E-state index contributed by atoms with van der Waals surface area (Å²) in [6, 6.07) is 2.04.